The topological polar surface area (TPSA) is 81.4 Å². The lowest BCUT2D eigenvalue weighted by Gasteiger charge is -2.09. The maximum Gasteiger partial charge on any atom is 0.341 e. The Morgan fingerprint density at radius 2 is 2.24 bits per heavy atom. The number of esters is 1. The molecule has 1 atom stereocenters. The standard InChI is InChI=1S/C11H16N2O3S/c1-3-8(12)9(14)13-10-7(5-6-17-10)11(15)16-4-2/h5-6,8H,3-4,12H2,1-2H3,(H,13,14)/t8-/m0/s1. The van der Waals surface area contributed by atoms with E-state index < -0.39 is 12.0 Å². The van der Waals surface area contributed by atoms with Gasteiger partial charge in [0.1, 0.15) is 5.00 Å². The van der Waals surface area contributed by atoms with E-state index in [0.29, 0.717) is 23.6 Å². The lowest BCUT2D eigenvalue weighted by atomic mass is 10.2. The molecule has 0 spiro atoms. The van der Waals surface area contributed by atoms with E-state index in [4.69, 9.17) is 10.5 Å². The van der Waals surface area contributed by atoms with Gasteiger partial charge >= 0.3 is 5.97 Å². The summed E-state index contributed by atoms with van der Waals surface area (Å²) in [6, 6.07) is 1.06. The third kappa shape index (κ3) is 3.54. The minimum absolute atomic E-state index is 0.291. The first kappa shape index (κ1) is 13.7. The van der Waals surface area contributed by atoms with Gasteiger partial charge in [-0.25, -0.2) is 4.79 Å². The van der Waals surface area contributed by atoms with Crippen molar-refractivity contribution >= 4 is 28.2 Å². The van der Waals surface area contributed by atoms with Gasteiger partial charge in [0.2, 0.25) is 5.91 Å². The molecule has 0 aliphatic heterocycles. The summed E-state index contributed by atoms with van der Waals surface area (Å²) in [7, 11) is 0. The van der Waals surface area contributed by atoms with Gasteiger partial charge < -0.3 is 15.8 Å². The number of nitrogens with two attached hydrogens (primary N) is 1. The number of carbonyl (C=O) groups excluding carboxylic acids is 2. The van der Waals surface area contributed by atoms with Crippen molar-refractivity contribution in [3.63, 3.8) is 0 Å². The van der Waals surface area contributed by atoms with Crippen LogP contribution in [0.5, 0.6) is 0 Å². The van der Waals surface area contributed by atoms with Crippen molar-refractivity contribution in [1.29, 1.82) is 0 Å². The molecule has 1 rings (SSSR count). The largest absolute Gasteiger partial charge is 0.462 e. The van der Waals surface area contributed by atoms with E-state index in [0.717, 1.165) is 0 Å². The van der Waals surface area contributed by atoms with Crippen LogP contribution in [0, 0.1) is 0 Å². The summed E-state index contributed by atoms with van der Waals surface area (Å²) >= 11 is 1.27. The van der Waals surface area contributed by atoms with Crippen molar-refractivity contribution in [3.05, 3.63) is 17.0 Å². The van der Waals surface area contributed by atoms with E-state index in [1.165, 1.54) is 11.3 Å². The molecule has 0 aromatic carbocycles. The molecule has 0 fully saturated rings. The zero-order chi connectivity index (χ0) is 12.8. The van der Waals surface area contributed by atoms with Gasteiger partial charge in [0.25, 0.3) is 0 Å². The van der Waals surface area contributed by atoms with E-state index in [1.54, 1.807) is 18.4 Å². The summed E-state index contributed by atoms with van der Waals surface area (Å²) in [5.74, 6) is -0.727. The number of anilines is 1. The van der Waals surface area contributed by atoms with Gasteiger partial charge in [0.15, 0.2) is 0 Å². The average molecular weight is 256 g/mol. The van der Waals surface area contributed by atoms with Crippen LogP contribution in [0.3, 0.4) is 0 Å². The van der Waals surface area contributed by atoms with Crippen LogP contribution in [0.2, 0.25) is 0 Å². The Bertz CT molecular complexity index is 403. The molecule has 0 unspecified atom stereocenters. The number of thiophene rings is 1. The fourth-order valence-electron chi connectivity index (χ4n) is 1.17. The molecule has 17 heavy (non-hydrogen) atoms. The highest BCUT2D eigenvalue weighted by Gasteiger charge is 2.18. The van der Waals surface area contributed by atoms with Crippen molar-refractivity contribution in [3.8, 4) is 0 Å². The lowest BCUT2D eigenvalue weighted by Crippen LogP contribution is -2.34. The second-order valence-corrected chi connectivity index (χ2v) is 4.30. The Balaban J connectivity index is 2.75. The molecule has 0 saturated heterocycles. The van der Waals surface area contributed by atoms with Gasteiger partial charge in [-0.15, -0.1) is 11.3 Å². The van der Waals surface area contributed by atoms with Crippen LogP contribution in [-0.4, -0.2) is 24.5 Å². The minimum Gasteiger partial charge on any atom is -0.462 e. The highest BCUT2D eigenvalue weighted by atomic mass is 32.1. The van der Waals surface area contributed by atoms with Crippen LogP contribution in [0.4, 0.5) is 5.00 Å². The van der Waals surface area contributed by atoms with E-state index >= 15 is 0 Å². The summed E-state index contributed by atoms with van der Waals surface area (Å²) in [5.41, 5.74) is 5.96. The molecule has 3 N–H and O–H groups in total. The summed E-state index contributed by atoms with van der Waals surface area (Å²) in [4.78, 5) is 23.1. The van der Waals surface area contributed by atoms with E-state index in [-0.39, 0.29) is 5.91 Å². The van der Waals surface area contributed by atoms with Crippen LogP contribution in [0.25, 0.3) is 0 Å². The van der Waals surface area contributed by atoms with Gasteiger partial charge in [0, 0.05) is 0 Å². The molecule has 0 radical (unpaired) electrons. The van der Waals surface area contributed by atoms with Gasteiger partial charge in [-0.3, -0.25) is 4.79 Å². The summed E-state index contributed by atoms with van der Waals surface area (Å²) in [6.45, 7) is 3.86. The second kappa shape index (κ2) is 6.36. The molecule has 0 aliphatic carbocycles. The van der Waals surface area contributed by atoms with Gasteiger partial charge in [-0.2, -0.15) is 0 Å². The highest BCUT2D eigenvalue weighted by Crippen LogP contribution is 2.24. The molecule has 1 aromatic rings. The van der Waals surface area contributed by atoms with Crippen LogP contribution < -0.4 is 11.1 Å². The molecule has 94 valence electrons. The predicted octanol–water partition coefficient (Wildman–Crippen LogP) is 1.60. The number of amides is 1. The number of rotatable bonds is 5. The van der Waals surface area contributed by atoms with E-state index in [2.05, 4.69) is 5.32 Å². The summed E-state index contributed by atoms with van der Waals surface area (Å²) in [5, 5.41) is 4.84. The Kier molecular flexibility index (Phi) is 5.11. The first-order valence-corrected chi connectivity index (χ1v) is 6.29. The monoisotopic (exact) mass is 256 g/mol. The molecule has 0 bridgehead atoms. The number of ether oxygens (including phenoxy) is 1. The maximum absolute atomic E-state index is 11.6. The normalized spacial score (nSPS) is 11.9. The molecular formula is C11H16N2O3S. The number of carbonyl (C=O) groups is 2. The highest BCUT2D eigenvalue weighted by molar-refractivity contribution is 7.14. The second-order valence-electron chi connectivity index (χ2n) is 3.39. The van der Waals surface area contributed by atoms with Crippen molar-refractivity contribution < 1.29 is 14.3 Å². The lowest BCUT2D eigenvalue weighted by molar-refractivity contribution is -0.117. The molecular weight excluding hydrogens is 240 g/mol. The average Bonchev–Trinajstić information content (AvgIpc) is 2.76. The molecule has 1 aromatic heterocycles. The molecule has 0 saturated carbocycles. The summed E-state index contributed by atoms with van der Waals surface area (Å²) < 4.78 is 4.88. The van der Waals surface area contributed by atoms with Gasteiger partial charge in [-0.1, -0.05) is 6.92 Å². The third-order valence-corrected chi connectivity index (χ3v) is 3.00. The van der Waals surface area contributed by atoms with Gasteiger partial charge in [-0.05, 0) is 24.8 Å². The van der Waals surface area contributed by atoms with Crippen molar-refractivity contribution in [2.45, 2.75) is 26.3 Å². The SMILES string of the molecule is CCOC(=O)c1ccsc1NC(=O)[C@@H](N)CC. The number of hydrogen-bond acceptors (Lipinski definition) is 5. The smallest absolute Gasteiger partial charge is 0.341 e. The van der Waals surface area contributed by atoms with Crippen LogP contribution in [0.1, 0.15) is 30.6 Å². The molecule has 5 nitrogen and oxygen atoms in total. The third-order valence-electron chi connectivity index (χ3n) is 2.17. The first-order valence-electron chi connectivity index (χ1n) is 5.41. The zero-order valence-corrected chi connectivity index (χ0v) is 10.7. The Morgan fingerprint density at radius 1 is 1.53 bits per heavy atom. The minimum atomic E-state index is -0.563. The number of hydrogen-bond donors (Lipinski definition) is 2. The molecule has 1 amide bonds. The summed E-state index contributed by atoms with van der Waals surface area (Å²) in [6.07, 6.45) is 0.548. The van der Waals surface area contributed by atoms with Crippen LogP contribution >= 0.6 is 11.3 Å². The first-order chi connectivity index (χ1) is 8.10. The molecule has 0 aliphatic rings. The van der Waals surface area contributed by atoms with E-state index in [1.807, 2.05) is 6.92 Å². The van der Waals surface area contributed by atoms with Crippen LogP contribution in [0.15, 0.2) is 11.4 Å². The van der Waals surface area contributed by atoms with Crippen molar-refractivity contribution in [1.82, 2.24) is 0 Å². The predicted molar refractivity (Wildman–Crippen MR) is 67.2 cm³/mol. The maximum atomic E-state index is 11.6. The molecule has 1 heterocycles. The molecule has 6 heteroatoms. The fraction of sp³-hybridized carbons (Fsp3) is 0.455. The Labute approximate surface area is 104 Å². The number of nitrogens with one attached hydrogen (secondary N) is 1. The van der Waals surface area contributed by atoms with Crippen molar-refractivity contribution in [2.75, 3.05) is 11.9 Å². The Morgan fingerprint density at radius 3 is 2.82 bits per heavy atom. The van der Waals surface area contributed by atoms with Crippen molar-refractivity contribution in [2.24, 2.45) is 5.73 Å². The van der Waals surface area contributed by atoms with Gasteiger partial charge in [0.05, 0.1) is 18.2 Å². The van der Waals surface area contributed by atoms with E-state index in [9.17, 15) is 9.59 Å². The quantitative estimate of drug-likeness (QED) is 0.784. The zero-order valence-electron chi connectivity index (χ0n) is 9.86. The van der Waals surface area contributed by atoms with Crippen LogP contribution in [-0.2, 0) is 9.53 Å². The fourth-order valence-corrected chi connectivity index (χ4v) is 1.94. The Hall–Kier alpha value is -1.40.